The second-order valence-corrected chi connectivity index (χ2v) is 8.88. The molecule has 1 aliphatic heterocycles. The molecule has 0 N–H and O–H groups in total. The van der Waals surface area contributed by atoms with Crippen LogP contribution in [0.25, 0.3) is 15.9 Å². The topological polar surface area (TPSA) is 45.7 Å². The first-order chi connectivity index (χ1) is 15.2. The number of aryl methyl sites for hydroxylation is 1. The molecule has 8 heteroatoms. The first kappa shape index (κ1) is 22.3. The van der Waals surface area contributed by atoms with Gasteiger partial charge in [0.25, 0.3) is 11.4 Å². The van der Waals surface area contributed by atoms with E-state index in [1.54, 1.807) is 41.9 Å². The molecule has 1 aliphatic rings. The van der Waals surface area contributed by atoms with Gasteiger partial charge >= 0.3 is 0 Å². The number of nitrogens with zero attached hydrogens (tertiary/aromatic N) is 5. The predicted molar refractivity (Wildman–Crippen MR) is 126 cm³/mol. The van der Waals surface area contributed by atoms with Crippen molar-refractivity contribution in [3.63, 3.8) is 0 Å². The van der Waals surface area contributed by atoms with E-state index in [-0.39, 0.29) is 28.7 Å². The van der Waals surface area contributed by atoms with Crippen molar-refractivity contribution in [2.45, 2.75) is 38.9 Å². The van der Waals surface area contributed by atoms with E-state index in [2.05, 4.69) is 40.4 Å². The summed E-state index contributed by atoms with van der Waals surface area (Å²) in [4.78, 5) is 25.2. The zero-order valence-electron chi connectivity index (χ0n) is 18.5. The summed E-state index contributed by atoms with van der Waals surface area (Å²) >= 11 is 6.01. The van der Waals surface area contributed by atoms with E-state index < -0.39 is 5.82 Å². The minimum Gasteiger partial charge on any atom is -0.362 e. The van der Waals surface area contributed by atoms with Crippen LogP contribution in [0.2, 0.25) is 5.02 Å². The highest BCUT2D eigenvalue weighted by atomic mass is 35.5. The number of anilines is 1. The van der Waals surface area contributed by atoms with Gasteiger partial charge in [-0.05, 0) is 50.6 Å². The zero-order chi connectivity index (χ0) is 23.2. The van der Waals surface area contributed by atoms with Crippen molar-refractivity contribution in [3.8, 4) is 0 Å². The minimum absolute atomic E-state index is 0.0555. The molecule has 3 aromatic rings. The monoisotopic (exact) mass is 453 g/mol. The lowest BCUT2D eigenvalue weighted by Crippen LogP contribution is -2.57. The van der Waals surface area contributed by atoms with Gasteiger partial charge < -0.3 is 14.3 Å². The number of halogens is 2. The molecule has 32 heavy (non-hydrogen) atoms. The Morgan fingerprint density at radius 3 is 2.62 bits per heavy atom. The second kappa shape index (κ2) is 8.53. The highest BCUT2D eigenvalue weighted by Gasteiger charge is 2.34. The molecule has 6 nitrogen and oxygen atoms in total. The number of hydrogen-bond donors (Lipinski definition) is 0. The van der Waals surface area contributed by atoms with Crippen molar-refractivity contribution < 1.29 is 4.39 Å². The fourth-order valence-corrected chi connectivity index (χ4v) is 4.76. The second-order valence-electron chi connectivity index (χ2n) is 8.47. The van der Waals surface area contributed by atoms with Gasteiger partial charge in [0.2, 0.25) is 5.52 Å². The molecule has 0 saturated carbocycles. The third-order valence-electron chi connectivity index (χ3n) is 6.44. The van der Waals surface area contributed by atoms with Crippen LogP contribution in [0.15, 0.2) is 41.2 Å². The Labute approximate surface area is 191 Å². The molecule has 0 bridgehead atoms. The van der Waals surface area contributed by atoms with Crippen molar-refractivity contribution in [1.29, 1.82) is 0 Å². The number of aromatic nitrogens is 2. The van der Waals surface area contributed by atoms with E-state index in [1.807, 2.05) is 0 Å². The molecule has 1 saturated heterocycles. The molecule has 2 aromatic heterocycles. The molecule has 1 fully saturated rings. The van der Waals surface area contributed by atoms with E-state index in [0.717, 1.165) is 17.8 Å². The summed E-state index contributed by atoms with van der Waals surface area (Å²) in [6, 6.07) is 10.2. The molecule has 0 amide bonds. The van der Waals surface area contributed by atoms with Gasteiger partial charge in [0, 0.05) is 44.3 Å². The van der Waals surface area contributed by atoms with Crippen LogP contribution in [-0.4, -0.2) is 39.6 Å². The third-order valence-corrected chi connectivity index (χ3v) is 6.73. The maximum atomic E-state index is 13.6. The highest BCUT2D eigenvalue weighted by molar-refractivity contribution is 6.30. The van der Waals surface area contributed by atoms with Crippen LogP contribution >= 0.6 is 11.6 Å². The van der Waals surface area contributed by atoms with E-state index in [0.29, 0.717) is 23.4 Å². The molecule has 0 radical (unpaired) electrons. The van der Waals surface area contributed by atoms with E-state index >= 15 is 0 Å². The van der Waals surface area contributed by atoms with Crippen molar-refractivity contribution in [2.75, 3.05) is 18.0 Å². The van der Waals surface area contributed by atoms with Gasteiger partial charge in [-0.15, -0.1) is 4.98 Å². The first-order valence-corrected chi connectivity index (χ1v) is 10.9. The molecular weight excluding hydrogens is 429 g/mol. The van der Waals surface area contributed by atoms with Crippen molar-refractivity contribution in [1.82, 2.24) is 14.5 Å². The van der Waals surface area contributed by atoms with Gasteiger partial charge in [-0.25, -0.2) is 4.39 Å². The summed E-state index contributed by atoms with van der Waals surface area (Å²) in [5.74, 6) is -0.115. The Bertz CT molecular complexity index is 1280. The van der Waals surface area contributed by atoms with Crippen molar-refractivity contribution >= 4 is 34.1 Å². The molecule has 1 unspecified atom stereocenters. The minimum atomic E-state index is -0.419. The Morgan fingerprint density at radius 2 is 1.94 bits per heavy atom. The molecule has 166 valence electrons. The summed E-state index contributed by atoms with van der Waals surface area (Å²) in [7, 11) is 1.72. The van der Waals surface area contributed by atoms with Crippen LogP contribution in [0.4, 0.5) is 15.9 Å². The van der Waals surface area contributed by atoms with Gasteiger partial charge in [-0.3, -0.25) is 9.69 Å². The first-order valence-electron chi connectivity index (χ1n) is 10.6. The normalized spacial score (nSPS) is 20.3. The number of benzene rings is 1. The van der Waals surface area contributed by atoms with Crippen LogP contribution in [0.3, 0.4) is 0 Å². The molecule has 0 aliphatic carbocycles. The molecule has 1 aromatic carbocycles. The van der Waals surface area contributed by atoms with Gasteiger partial charge in [0.05, 0.1) is 16.2 Å². The number of piperazine rings is 1. The number of fused-ring (bicyclic) bond motifs is 1. The maximum absolute atomic E-state index is 13.6. The smallest absolute Gasteiger partial charge is 0.270 e. The van der Waals surface area contributed by atoms with Crippen LogP contribution in [0.5, 0.6) is 0 Å². The molecule has 4 rings (SSSR count). The van der Waals surface area contributed by atoms with Crippen LogP contribution < -0.4 is 10.5 Å². The maximum Gasteiger partial charge on any atom is 0.270 e. The van der Waals surface area contributed by atoms with Gasteiger partial charge in [-0.2, -0.15) is 0 Å². The predicted octanol–water partition coefficient (Wildman–Crippen LogP) is 4.94. The number of rotatable bonds is 3. The van der Waals surface area contributed by atoms with Crippen LogP contribution in [0.1, 0.15) is 32.4 Å². The molecule has 0 spiro atoms. The SMILES string of the molecule is [C-]#[N+]c1ccc2c(n1)c(N1C[C@@H](C)N(C(C)c3ccc(F)c(Cl)c3)C[C@@H]1C)cc(=O)n2C. The van der Waals surface area contributed by atoms with Gasteiger partial charge in [-0.1, -0.05) is 24.2 Å². The standard InChI is InChI=1S/C24H25ClFN5O/c1-14-13-31(15(2)12-30(14)16(3)17-6-7-19(26)18(25)10-17)21-11-23(32)29(5)20-8-9-22(27-4)28-24(20)21/h6-11,14-16H,12-13H2,1-3,5H3/t14-,15+,16?/m1/s1. The van der Waals surface area contributed by atoms with Gasteiger partial charge in [0.15, 0.2) is 0 Å². The van der Waals surface area contributed by atoms with E-state index in [1.165, 1.54) is 6.07 Å². The molecule has 3 atom stereocenters. The quantitative estimate of drug-likeness (QED) is 0.527. The van der Waals surface area contributed by atoms with Crippen molar-refractivity contribution in [2.24, 2.45) is 7.05 Å². The number of hydrogen-bond acceptors (Lipinski definition) is 4. The van der Waals surface area contributed by atoms with Crippen LogP contribution in [0, 0.1) is 12.4 Å². The summed E-state index contributed by atoms with van der Waals surface area (Å²) in [6.45, 7) is 15.1. The molecule has 3 heterocycles. The Hall–Kier alpha value is -2.95. The lowest BCUT2D eigenvalue weighted by Gasteiger charge is -2.47. The summed E-state index contributed by atoms with van der Waals surface area (Å²) in [5.41, 5.74) is 2.97. The largest absolute Gasteiger partial charge is 0.362 e. The average Bonchev–Trinajstić information content (AvgIpc) is 2.78. The third kappa shape index (κ3) is 3.85. The Morgan fingerprint density at radius 1 is 1.19 bits per heavy atom. The highest BCUT2D eigenvalue weighted by Crippen LogP contribution is 2.33. The Balaban J connectivity index is 1.69. The van der Waals surface area contributed by atoms with Crippen molar-refractivity contribution in [3.05, 3.63) is 74.6 Å². The zero-order valence-corrected chi connectivity index (χ0v) is 19.3. The summed E-state index contributed by atoms with van der Waals surface area (Å²) in [6.07, 6.45) is 0. The fraction of sp³-hybridized carbons (Fsp3) is 0.375. The lowest BCUT2D eigenvalue weighted by atomic mass is 10.00. The van der Waals surface area contributed by atoms with E-state index in [9.17, 15) is 9.18 Å². The number of pyridine rings is 2. The van der Waals surface area contributed by atoms with Crippen LogP contribution in [-0.2, 0) is 7.05 Å². The summed E-state index contributed by atoms with van der Waals surface area (Å²) in [5, 5.41) is 0.127. The summed E-state index contributed by atoms with van der Waals surface area (Å²) < 4.78 is 15.2. The van der Waals surface area contributed by atoms with Gasteiger partial charge in [0.1, 0.15) is 5.82 Å². The molecular formula is C24H25ClFN5O. The van der Waals surface area contributed by atoms with E-state index in [4.69, 9.17) is 18.2 Å². The fourth-order valence-electron chi connectivity index (χ4n) is 4.58. The lowest BCUT2D eigenvalue weighted by molar-refractivity contribution is 0.119. The Kier molecular flexibility index (Phi) is 5.93. The average molecular weight is 454 g/mol.